The molecule has 4 N–H and O–H groups in total. The van der Waals surface area contributed by atoms with E-state index >= 15 is 0 Å². The predicted octanol–water partition coefficient (Wildman–Crippen LogP) is 3.74. The second-order valence-corrected chi connectivity index (χ2v) is 14.0. The van der Waals surface area contributed by atoms with Gasteiger partial charge in [0.25, 0.3) is 0 Å². The number of rotatable bonds is 10. The number of carbonyl (C=O) groups is 1. The number of nitrogens with one attached hydrogen (secondary N) is 3. The van der Waals surface area contributed by atoms with Crippen molar-refractivity contribution in [2.45, 2.75) is 25.1 Å². The van der Waals surface area contributed by atoms with Crippen molar-refractivity contribution in [2.75, 3.05) is 27.3 Å². The van der Waals surface area contributed by atoms with Crippen molar-refractivity contribution in [1.29, 1.82) is 0 Å². The summed E-state index contributed by atoms with van der Waals surface area (Å²) >= 11 is 0. The molecule has 0 aliphatic heterocycles. The molecular formula is C33H41BrN3O2P. The minimum absolute atomic E-state index is 0. The van der Waals surface area contributed by atoms with E-state index in [9.17, 15) is 9.90 Å². The first-order valence-corrected chi connectivity index (χ1v) is 15.7. The summed E-state index contributed by atoms with van der Waals surface area (Å²) in [6.45, 7) is 2.11. The van der Waals surface area contributed by atoms with Gasteiger partial charge in [0.15, 0.2) is 0 Å². The molecule has 1 aliphatic rings. The first-order chi connectivity index (χ1) is 18.9. The topological polar surface area (TPSA) is 73.4 Å². The van der Waals surface area contributed by atoms with Crippen molar-refractivity contribution in [3.05, 3.63) is 126 Å². The Bertz CT molecular complexity index is 1260. The van der Waals surface area contributed by atoms with Crippen LogP contribution in [0.15, 0.2) is 126 Å². The van der Waals surface area contributed by atoms with Crippen LogP contribution in [0.5, 0.6) is 0 Å². The molecule has 0 saturated heterocycles. The Balaban J connectivity index is 0.00000441. The molecule has 0 saturated carbocycles. The van der Waals surface area contributed by atoms with Crippen LogP contribution >= 0.6 is 24.2 Å². The van der Waals surface area contributed by atoms with Crippen LogP contribution in [-0.4, -0.2) is 50.0 Å². The third kappa shape index (κ3) is 6.22. The second kappa shape index (κ2) is 14.2. The molecule has 40 heavy (non-hydrogen) atoms. The summed E-state index contributed by atoms with van der Waals surface area (Å²) in [5.74, 6) is -0.288. The zero-order chi connectivity index (χ0) is 27.9. The summed E-state index contributed by atoms with van der Waals surface area (Å²) in [7, 11) is 3.01. The summed E-state index contributed by atoms with van der Waals surface area (Å²) in [5.41, 5.74) is 1.59. The molecule has 3 aromatic rings. The molecule has 4 rings (SSSR count). The van der Waals surface area contributed by atoms with Gasteiger partial charge in [-0.1, -0.05) is 0 Å². The van der Waals surface area contributed by atoms with E-state index in [2.05, 4.69) is 126 Å². The molecule has 0 radical (unpaired) electrons. The number of aliphatic hydroxyl groups is 1. The number of ketones is 1. The number of aliphatic hydroxyl groups excluding tert-OH is 1. The fraction of sp³-hybridized carbons (Fsp3) is 0.242. The van der Waals surface area contributed by atoms with Gasteiger partial charge in [0.05, 0.1) is 0 Å². The van der Waals surface area contributed by atoms with Gasteiger partial charge >= 0.3 is 233 Å². The Kier molecular flexibility index (Phi) is 11.2. The predicted molar refractivity (Wildman–Crippen MR) is 177 cm³/mol. The van der Waals surface area contributed by atoms with E-state index in [1.54, 1.807) is 7.05 Å². The van der Waals surface area contributed by atoms with Crippen molar-refractivity contribution in [2.24, 2.45) is 0 Å². The number of benzene rings is 3. The van der Waals surface area contributed by atoms with Crippen LogP contribution in [0, 0.1) is 0 Å². The fourth-order valence-corrected chi connectivity index (χ4v) is 10.3. The Labute approximate surface area is 249 Å². The van der Waals surface area contributed by atoms with Gasteiger partial charge in [0.1, 0.15) is 0 Å². The van der Waals surface area contributed by atoms with Crippen molar-refractivity contribution in [1.82, 2.24) is 16.0 Å². The molecule has 1 unspecified atom stereocenters. The third-order valence-electron chi connectivity index (χ3n) is 7.92. The van der Waals surface area contributed by atoms with Crippen LogP contribution < -0.4 is 31.9 Å². The van der Waals surface area contributed by atoms with Gasteiger partial charge < -0.3 is 0 Å². The summed E-state index contributed by atoms with van der Waals surface area (Å²) in [6, 6.07) is 32.6. The Morgan fingerprint density at radius 3 is 1.73 bits per heavy atom. The number of hydrogen-bond acceptors (Lipinski definition) is 5. The first-order valence-electron chi connectivity index (χ1n) is 13.5. The molecule has 0 heterocycles. The van der Waals surface area contributed by atoms with E-state index in [-0.39, 0.29) is 29.2 Å². The van der Waals surface area contributed by atoms with E-state index < -0.39 is 19.0 Å². The fourth-order valence-electron chi connectivity index (χ4n) is 5.71. The van der Waals surface area contributed by atoms with Gasteiger partial charge in [-0.25, -0.2) is 0 Å². The molecule has 1 aliphatic carbocycles. The molecule has 5 nitrogen and oxygen atoms in total. The number of hydrogen-bond donors (Lipinski definition) is 4. The van der Waals surface area contributed by atoms with Crippen LogP contribution in [0.4, 0.5) is 0 Å². The van der Waals surface area contributed by atoms with Crippen LogP contribution in [0.25, 0.3) is 0 Å². The van der Waals surface area contributed by atoms with Gasteiger partial charge in [-0.15, -0.1) is 17.0 Å². The molecule has 0 spiro atoms. The van der Waals surface area contributed by atoms with Crippen LogP contribution in [0.2, 0.25) is 0 Å². The van der Waals surface area contributed by atoms with E-state index in [4.69, 9.17) is 0 Å². The first kappa shape index (κ1) is 31.7. The quantitative estimate of drug-likeness (QED) is 0.158. The van der Waals surface area contributed by atoms with E-state index in [1.165, 1.54) is 15.9 Å². The molecule has 0 amide bonds. The molecule has 0 bridgehead atoms. The van der Waals surface area contributed by atoms with Crippen molar-refractivity contribution in [3.63, 3.8) is 0 Å². The average molecular weight is 623 g/mol. The van der Waals surface area contributed by atoms with Gasteiger partial charge in [-0.3, -0.25) is 0 Å². The zero-order valence-corrected chi connectivity index (χ0v) is 26.4. The SMILES string of the molecule is Br.CNC1=C(C=CC(C)=CC[PH](c2ccccc2)(c2ccccc2)c2ccccc2)C(NC)(NC)CC(O)C1=O. The van der Waals surface area contributed by atoms with Crippen LogP contribution in [0.1, 0.15) is 13.3 Å². The normalized spacial score (nSPS) is 18.0. The maximum absolute atomic E-state index is 12.8. The number of likely N-dealkylation sites (N-methyl/N-ethyl adjacent to an activating group) is 3. The van der Waals surface area contributed by atoms with E-state index in [0.717, 1.165) is 17.3 Å². The molecule has 212 valence electrons. The molecule has 3 aromatic carbocycles. The molecule has 0 aromatic heterocycles. The Morgan fingerprint density at radius 2 is 1.32 bits per heavy atom. The molecule has 1 atom stereocenters. The van der Waals surface area contributed by atoms with Crippen LogP contribution in [-0.2, 0) is 4.79 Å². The summed E-state index contributed by atoms with van der Waals surface area (Å²) in [5, 5.41) is 24.2. The number of carbonyl (C=O) groups excluding carboxylic acids is 1. The number of halogens is 1. The van der Waals surface area contributed by atoms with E-state index in [1.807, 2.05) is 20.2 Å². The van der Waals surface area contributed by atoms with Crippen molar-refractivity contribution >= 4 is 45.9 Å². The van der Waals surface area contributed by atoms with Gasteiger partial charge in [-0.2, -0.15) is 0 Å². The van der Waals surface area contributed by atoms with Gasteiger partial charge in [0.2, 0.25) is 0 Å². The molecule has 7 heteroatoms. The Morgan fingerprint density at radius 1 is 0.875 bits per heavy atom. The molecular weight excluding hydrogens is 581 g/mol. The summed E-state index contributed by atoms with van der Waals surface area (Å²) in [6.07, 6.45) is 6.45. The number of allylic oxidation sites excluding steroid dienone is 3. The minimum atomic E-state index is -2.38. The monoisotopic (exact) mass is 621 g/mol. The zero-order valence-electron chi connectivity index (χ0n) is 23.6. The van der Waals surface area contributed by atoms with Crippen molar-refractivity contribution in [3.8, 4) is 0 Å². The van der Waals surface area contributed by atoms with Crippen molar-refractivity contribution < 1.29 is 9.90 Å². The number of Topliss-reactive ketones (excluding diaryl/α,β-unsaturated/α-hetero) is 1. The average Bonchev–Trinajstić information content (AvgIpc) is 2.99. The summed E-state index contributed by atoms with van der Waals surface area (Å²) < 4.78 is 0. The van der Waals surface area contributed by atoms with Crippen LogP contribution in [0.3, 0.4) is 0 Å². The third-order valence-corrected chi connectivity index (χ3v) is 12.7. The van der Waals surface area contributed by atoms with Gasteiger partial charge in [-0.05, 0) is 0 Å². The molecule has 0 fully saturated rings. The van der Waals surface area contributed by atoms with Gasteiger partial charge in [0, 0.05) is 0 Å². The maximum atomic E-state index is 12.8. The second-order valence-electron chi connectivity index (χ2n) is 10.0. The van der Waals surface area contributed by atoms with E-state index in [0.29, 0.717) is 5.70 Å². The summed E-state index contributed by atoms with van der Waals surface area (Å²) in [4.78, 5) is 12.8. The Hall–Kier alpha value is -2.86. The standard InChI is InChI=1S/C33H40N3O2P.BrH/c1-25(20-21-29-31(34-2)32(38)30(37)24-33(29,35-3)36-4)22-23-39(26-14-8-5-9-15-26,27-16-10-6-11-17-27)28-18-12-7-13-19-28;/h5-22,30,34-37,39H,23-24H2,1-4H3;1H.